The van der Waals surface area contributed by atoms with Gasteiger partial charge in [0.25, 0.3) is 0 Å². The first-order chi connectivity index (χ1) is 5.16. The molecule has 0 spiro atoms. The normalized spacial score (nSPS) is 19.9. The molecule has 0 aromatic rings. The van der Waals surface area contributed by atoms with Crippen LogP contribution in [0, 0.1) is 0 Å². The number of rotatable bonds is 3. The van der Waals surface area contributed by atoms with Crippen molar-refractivity contribution >= 4 is 6.16 Å². The third-order valence-electron chi connectivity index (χ3n) is 0.910. The second-order valence-electron chi connectivity index (χ2n) is 1.90. The molecule has 1 fully saturated rings. The lowest BCUT2D eigenvalue weighted by Crippen LogP contribution is -1.99. The SMILES string of the molecule is CCOCC1CO1.O=C(O)O. The van der Waals surface area contributed by atoms with Gasteiger partial charge in [0.2, 0.25) is 0 Å². The van der Waals surface area contributed by atoms with Gasteiger partial charge < -0.3 is 19.7 Å². The molecule has 11 heavy (non-hydrogen) atoms. The molecule has 5 heteroatoms. The number of hydrogen-bond donors (Lipinski definition) is 2. The van der Waals surface area contributed by atoms with Crippen molar-refractivity contribution in [3.63, 3.8) is 0 Å². The fourth-order valence-corrected chi connectivity index (χ4v) is 0.414. The van der Waals surface area contributed by atoms with Crippen LogP contribution in [0.4, 0.5) is 4.79 Å². The molecule has 66 valence electrons. The Morgan fingerprint density at radius 2 is 2.18 bits per heavy atom. The van der Waals surface area contributed by atoms with Gasteiger partial charge >= 0.3 is 6.16 Å². The standard InChI is InChI=1S/C5H10O2.CH2O3/c1-2-6-3-5-4-7-5;2-1(3)4/h5H,2-4H2,1H3;(H2,2,3,4). The highest BCUT2D eigenvalue weighted by atomic mass is 16.6. The minimum absolute atomic E-state index is 0.431. The van der Waals surface area contributed by atoms with Crippen molar-refractivity contribution in [1.82, 2.24) is 0 Å². The molecule has 1 rings (SSSR count). The van der Waals surface area contributed by atoms with Crippen molar-refractivity contribution in [2.24, 2.45) is 0 Å². The van der Waals surface area contributed by atoms with Gasteiger partial charge in [-0.05, 0) is 6.92 Å². The second-order valence-corrected chi connectivity index (χ2v) is 1.90. The molecule has 1 atom stereocenters. The summed E-state index contributed by atoms with van der Waals surface area (Å²) < 4.78 is 9.92. The van der Waals surface area contributed by atoms with Gasteiger partial charge in [0.05, 0.1) is 13.2 Å². The average Bonchev–Trinajstić information content (AvgIpc) is 2.64. The number of carbonyl (C=O) groups is 1. The highest BCUT2D eigenvalue weighted by Gasteiger charge is 2.21. The Hall–Kier alpha value is -0.810. The summed E-state index contributed by atoms with van der Waals surface area (Å²) in [5, 5.41) is 13.9. The third-order valence-corrected chi connectivity index (χ3v) is 0.910. The monoisotopic (exact) mass is 164 g/mol. The van der Waals surface area contributed by atoms with Crippen molar-refractivity contribution < 1.29 is 24.5 Å². The van der Waals surface area contributed by atoms with Gasteiger partial charge in [0.15, 0.2) is 0 Å². The van der Waals surface area contributed by atoms with Crippen LogP contribution < -0.4 is 0 Å². The minimum Gasteiger partial charge on any atom is -0.450 e. The molecule has 1 aliphatic heterocycles. The molecule has 1 heterocycles. The second kappa shape index (κ2) is 5.94. The predicted octanol–water partition coefficient (Wildman–Crippen LogP) is 0.644. The van der Waals surface area contributed by atoms with E-state index < -0.39 is 6.16 Å². The van der Waals surface area contributed by atoms with Crippen LogP contribution in [-0.2, 0) is 9.47 Å². The largest absolute Gasteiger partial charge is 0.503 e. The third kappa shape index (κ3) is 12.4. The molecule has 0 aromatic carbocycles. The van der Waals surface area contributed by atoms with Crippen molar-refractivity contribution in [2.45, 2.75) is 13.0 Å². The Balaban J connectivity index is 0.000000218. The molecule has 0 saturated carbocycles. The smallest absolute Gasteiger partial charge is 0.450 e. The molecular formula is C6H12O5. The van der Waals surface area contributed by atoms with Crippen LogP contribution in [0.2, 0.25) is 0 Å². The summed E-state index contributed by atoms with van der Waals surface area (Å²) in [6.07, 6.45) is -1.40. The Labute approximate surface area is 64.5 Å². The Morgan fingerprint density at radius 3 is 2.45 bits per heavy atom. The van der Waals surface area contributed by atoms with E-state index in [1.807, 2.05) is 6.92 Å². The maximum atomic E-state index is 8.56. The van der Waals surface area contributed by atoms with Crippen LogP contribution in [0.25, 0.3) is 0 Å². The molecule has 1 unspecified atom stereocenters. The van der Waals surface area contributed by atoms with Gasteiger partial charge in [-0.25, -0.2) is 4.79 Å². The molecule has 0 amide bonds. The first-order valence-electron chi connectivity index (χ1n) is 3.28. The molecule has 5 nitrogen and oxygen atoms in total. The van der Waals surface area contributed by atoms with E-state index in [0.29, 0.717) is 6.10 Å². The summed E-state index contributed by atoms with van der Waals surface area (Å²) in [7, 11) is 0. The molecule has 0 aromatic heterocycles. The lowest BCUT2D eigenvalue weighted by Gasteiger charge is -1.91. The fraction of sp³-hybridized carbons (Fsp3) is 0.833. The van der Waals surface area contributed by atoms with Crippen LogP contribution >= 0.6 is 0 Å². The molecule has 1 aliphatic rings. The highest BCUT2D eigenvalue weighted by molar-refractivity contribution is 5.53. The Morgan fingerprint density at radius 1 is 1.73 bits per heavy atom. The number of hydrogen-bond acceptors (Lipinski definition) is 3. The highest BCUT2D eigenvalue weighted by Crippen LogP contribution is 2.07. The average molecular weight is 164 g/mol. The summed E-state index contributed by atoms with van der Waals surface area (Å²) in [5.41, 5.74) is 0. The van der Waals surface area contributed by atoms with Crippen LogP contribution in [-0.4, -0.2) is 42.3 Å². The van der Waals surface area contributed by atoms with E-state index in [4.69, 9.17) is 24.5 Å². The first-order valence-corrected chi connectivity index (χ1v) is 3.28. The summed E-state index contributed by atoms with van der Waals surface area (Å²) in [5.74, 6) is 0. The van der Waals surface area contributed by atoms with E-state index in [2.05, 4.69) is 0 Å². The van der Waals surface area contributed by atoms with Gasteiger partial charge in [-0.15, -0.1) is 0 Å². The lowest BCUT2D eigenvalue weighted by atomic mass is 10.5. The van der Waals surface area contributed by atoms with Crippen molar-refractivity contribution in [3.05, 3.63) is 0 Å². The number of carboxylic acid groups (broad SMARTS) is 2. The van der Waals surface area contributed by atoms with Gasteiger partial charge in [-0.3, -0.25) is 0 Å². The van der Waals surface area contributed by atoms with E-state index in [-0.39, 0.29) is 0 Å². The summed E-state index contributed by atoms with van der Waals surface area (Å²) in [6, 6.07) is 0. The molecule has 1 saturated heterocycles. The van der Waals surface area contributed by atoms with Crippen LogP contribution in [0.3, 0.4) is 0 Å². The molecule has 0 aliphatic carbocycles. The number of epoxide rings is 1. The van der Waals surface area contributed by atoms with Gasteiger partial charge in [0.1, 0.15) is 6.10 Å². The van der Waals surface area contributed by atoms with Crippen molar-refractivity contribution in [2.75, 3.05) is 19.8 Å². The molecular weight excluding hydrogens is 152 g/mol. The fourth-order valence-electron chi connectivity index (χ4n) is 0.414. The molecule has 0 bridgehead atoms. The summed E-state index contributed by atoms with van der Waals surface area (Å²) in [6.45, 7) is 4.48. The zero-order valence-electron chi connectivity index (χ0n) is 6.32. The molecule has 2 N–H and O–H groups in total. The topological polar surface area (TPSA) is 79.3 Å². The van der Waals surface area contributed by atoms with E-state index in [9.17, 15) is 0 Å². The maximum Gasteiger partial charge on any atom is 0.503 e. The summed E-state index contributed by atoms with van der Waals surface area (Å²) >= 11 is 0. The molecule has 0 radical (unpaired) electrons. The van der Waals surface area contributed by atoms with Crippen LogP contribution in [0.15, 0.2) is 0 Å². The van der Waals surface area contributed by atoms with Gasteiger partial charge in [-0.1, -0.05) is 0 Å². The summed E-state index contributed by atoms with van der Waals surface area (Å²) in [4.78, 5) is 8.56. The Kier molecular flexibility index (Phi) is 5.50. The van der Waals surface area contributed by atoms with Crippen molar-refractivity contribution in [3.8, 4) is 0 Å². The van der Waals surface area contributed by atoms with Crippen LogP contribution in [0.5, 0.6) is 0 Å². The predicted molar refractivity (Wildman–Crippen MR) is 36.9 cm³/mol. The van der Waals surface area contributed by atoms with E-state index >= 15 is 0 Å². The van der Waals surface area contributed by atoms with Crippen molar-refractivity contribution in [1.29, 1.82) is 0 Å². The maximum absolute atomic E-state index is 8.56. The van der Waals surface area contributed by atoms with Crippen LogP contribution in [0.1, 0.15) is 6.92 Å². The van der Waals surface area contributed by atoms with E-state index in [1.54, 1.807) is 0 Å². The lowest BCUT2D eigenvalue weighted by molar-refractivity contribution is 0.128. The first kappa shape index (κ1) is 10.2. The van der Waals surface area contributed by atoms with E-state index in [1.165, 1.54) is 0 Å². The Bertz CT molecular complexity index is 106. The minimum atomic E-state index is -1.83. The quantitative estimate of drug-likeness (QED) is 0.598. The zero-order valence-corrected chi connectivity index (χ0v) is 6.32. The zero-order chi connectivity index (χ0) is 8.69. The van der Waals surface area contributed by atoms with Gasteiger partial charge in [-0.2, -0.15) is 0 Å². The van der Waals surface area contributed by atoms with E-state index in [0.717, 1.165) is 19.8 Å². The number of ether oxygens (including phenoxy) is 2. The van der Waals surface area contributed by atoms with Gasteiger partial charge in [0, 0.05) is 6.61 Å².